The largest absolute Gasteiger partial charge is 0.452 e. The second kappa shape index (κ2) is 35.7. The molecule has 0 spiro atoms. The highest BCUT2D eigenvalue weighted by Gasteiger charge is 2.41. The summed E-state index contributed by atoms with van der Waals surface area (Å²) in [6.07, 6.45) is 37.2. The molecule has 0 aliphatic carbocycles. The second-order valence-electron chi connectivity index (χ2n) is 14.7. The Labute approximate surface area is 298 Å². The molecule has 0 aromatic rings. The molecule has 1 atom stereocenters. The smallest absolute Gasteiger partial charge is 0.363 e. The van der Waals surface area contributed by atoms with Gasteiger partial charge in [-0.25, -0.2) is 0 Å². The molecule has 0 bridgehead atoms. The predicted octanol–water partition coefficient (Wildman–Crippen LogP) is 12.8. The molecule has 0 aromatic carbocycles. The summed E-state index contributed by atoms with van der Waals surface area (Å²) >= 11 is 0. The lowest BCUT2D eigenvalue weighted by Gasteiger charge is -2.30. The van der Waals surface area contributed by atoms with E-state index in [4.69, 9.17) is 9.47 Å². The van der Waals surface area contributed by atoms with Crippen molar-refractivity contribution in [3.05, 3.63) is 0 Å². The van der Waals surface area contributed by atoms with E-state index >= 15 is 0 Å². The number of esters is 2. The van der Waals surface area contributed by atoms with Gasteiger partial charge in [0, 0.05) is 12.8 Å². The topological polar surface area (TPSA) is 93.1 Å². The van der Waals surface area contributed by atoms with Crippen molar-refractivity contribution in [2.24, 2.45) is 0 Å². The molecular formula is C42H82O6. The summed E-state index contributed by atoms with van der Waals surface area (Å²) in [4.78, 5) is 25.2. The molecule has 2 N–H and O–H groups in total. The van der Waals surface area contributed by atoms with Crippen LogP contribution < -0.4 is 0 Å². The fraction of sp³-hybridized carbons (Fsp3) is 0.952. The Morgan fingerprint density at radius 3 is 1.02 bits per heavy atom. The molecule has 286 valence electrons. The summed E-state index contributed by atoms with van der Waals surface area (Å²) in [7, 11) is 0. The SMILES string of the molecule is CCCCCCCCCCCCCCCC(=O)OC(CCCCCCCC)C(O)(O)OC(=O)CCCCCCCCCCCCCCC. The van der Waals surface area contributed by atoms with Crippen LogP contribution in [0.5, 0.6) is 0 Å². The molecule has 0 heterocycles. The summed E-state index contributed by atoms with van der Waals surface area (Å²) in [5, 5.41) is 21.5. The van der Waals surface area contributed by atoms with Crippen LogP contribution in [-0.4, -0.2) is 34.2 Å². The van der Waals surface area contributed by atoms with E-state index in [1.54, 1.807) is 0 Å². The molecule has 0 saturated carbocycles. The normalized spacial score (nSPS) is 12.4. The Bertz CT molecular complexity index is 694. The van der Waals surface area contributed by atoms with Crippen LogP contribution in [0, 0.1) is 0 Å². The average molecular weight is 683 g/mol. The Morgan fingerprint density at radius 1 is 0.417 bits per heavy atom. The first-order valence-electron chi connectivity index (χ1n) is 21.2. The van der Waals surface area contributed by atoms with Crippen LogP contribution in [0.25, 0.3) is 0 Å². The van der Waals surface area contributed by atoms with Gasteiger partial charge in [-0.3, -0.25) is 9.59 Å². The van der Waals surface area contributed by atoms with Crippen molar-refractivity contribution in [1.29, 1.82) is 0 Å². The zero-order chi connectivity index (χ0) is 35.4. The summed E-state index contributed by atoms with van der Waals surface area (Å²) in [5.41, 5.74) is 0. The molecule has 0 saturated heterocycles. The molecule has 0 amide bonds. The van der Waals surface area contributed by atoms with E-state index in [9.17, 15) is 19.8 Å². The van der Waals surface area contributed by atoms with E-state index < -0.39 is 24.0 Å². The lowest BCUT2D eigenvalue weighted by molar-refractivity contribution is -0.360. The minimum absolute atomic E-state index is 0.136. The van der Waals surface area contributed by atoms with Gasteiger partial charge in [-0.15, -0.1) is 0 Å². The van der Waals surface area contributed by atoms with Crippen LogP contribution in [0.2, 0.25) is 0 Å². The van der Waals surface area contributed by atoms with Crippen LogP contribution in [0.15, 0.2) is 0 Å². The third-order valence-corrected chi connectivity index (χ3v) is 9.75. The molecule has 0 fully saturated rings. The van der Waals surface area contributed by atoms with Crippen LogP contribution in [0.3, 0.4) is 0 Å². The van der Waals surface area contributed by atoms with Gasteiger partial charge in [0.15, 0.2) is 6.10 Å². The maximum absolute atomic E-state index is 12.7. The summed E-state index contributed by atoms with van der Waals surface area (Å²) < 4.78 is 10.7. The van der Waals surface area contributed by atoms with Crippen molar-refractivity contribution in [2.75, 3.05) is 0 Å². The molecule has 6 heteroatoms. The summed E-state index contributed by atoms with van der Waals surface area (Å²) in [6.45, 7) is 6.68. The number of unbranched alkanes of at least 4 members (excludes halogenated alkanes) is 29. The van der Waals surface area contributed by atoms with Gasteiger partial charge in [0.05, 0.1) is 0 Å². The van der Waals surface area contributed by atoms with E-state index in [1.165, 1.54) is 135 Å². The van der Waals surface area contributed by atoms with Crippen molar-refractivity contribution < 1.29 is 29.3 Å². The van der Waals surface area contributed by atoms with Crippen LogP contribution in [0.4, 0.5) is 0 Å². The van der Waals surface area contributed by atoms with E-state index in [0.717, 1.165) is 57.8 Å². The zero-order valence-corrected chi connectivity index (χ0v) is 32.4. The van der Waals surface area contributed by atoms with Gasteiger partial charge in [-0.2, -0.15) is 0 Å². The predicted molar refractivity (Wildman–Crippen MR) is 202 cm³/mol. The first-order valence-corrected chi connectivity index (χ1v) is 21.2. The number of aliphatic hydroxyl groups is 2. The highest BCUT2D eigenvalue weighted by Crippen LogP contribution is 2.23. The number of carbonyl (C=O) groups excluding carboxylic acids is 2. The number of hydrogen-bond donors (Lipinski definition) is 2. The minimum Gasteiger partial charge on any atom is -0.452 e. The Balaban J connectivity index is 4.30. The van der Waals surface area contributed by atoms with E-state index in [2.05, 4.69) is 20.8 Å². The monoisotopic (exact) mass is 683 g/mol. The van der Waals surface area contributed by atoms with Gasteiger partial charge in [0.2, 0.25) is 0 Å². The van der Waals surface area contributed by atoms with Gasteiger partial charge in [0.1, 0.15) is 0 Å². The van der Waals surface area contributed by atoms with Gasteiger partial charge >= 0.3 is 17.9 Å². The van der Waals surface area contributed by atoms with Crippen molar-refractivity contribution in [3.8, 4) is 0 Å². The molecular weight excluding hydrogens is 600 g/mol. The van der Waals surface area contributed by atoms with Crippen LogP contribution in [-0.2, 0) is 19.1 Å². The second-order valence-corrected chi connectivity index (χ2v) is 14.7. The van der Waals surface area contributed by atoms with Gasteiger partial charge in [-0.1, -0.05) is 207 Å². The lowest BCUT2D eigenvalue weighted by Crippen LogP contribution is -2.48. The quantitative estimate of drug-likeness (QED) is 0.0382. The van der Waals surface area contributed by atoms with Gasteiger partial charge < -0.3 is 19.7 Å². The van der Waals surface area contributed by atoms with Crippen LogP contribution >= 0.6 is 0 Å². The van der Waals surface area contributed by atoms with Gasteiger partial charge in [0.25, 0.3) is 0 Å². The first kappa shape index (κ1) is 46.9. The highest BCUT2D eigenvalue weighted by molar-refractivity contribution is 5.70. The van der Waals surface area contributed by atoms with Crippen molar-refractivity contribution in [2.45, 2.75) is 258 Å². The fourth-order valence-corrected chi connectivity index (χ4v) is 6.51. The van der Waals surface area contributed by atoms with Gasteiger partial charge in [-0.05, 0) is 25.7 Å². The Kier molecular flexibility index (Phi) is 34.8. The molecule has 0 aromatic heterocycles. The minimum atomic E-state index is -2.80. The van der Waals surface area contributed by atoms with Crippen molar-refractivity contribution in [1.82, 2.24) is 0 Å². The number of ether oxygens (including phenoxy) is 2. The maximum atomic E-state index is 12.7. The number of rotatable bonds is 38. The standard InChI is InChI=1S/C42H82O6/c1-4-7-10-13-16-18-20-22-24-26-28-31-34-37-40(43)47-39(36-33-30-15-12-9-6-3)42(45,46)48-41(44)38-35-32-29-27-25-23-21-19-17-14-11-8-5-2/h39,45-46H,4-38H2,1-3H3. The molecule has 0 rings (SSSR count). The lowest BCUT2D eigenvalue weighted by atomic mass is 10.0. The molecule has 1 unspecified atom stereocenters. The summed E-state index contributed by atoms with van der Waals surface area (Å²) in [6, 6.07) is 0. The highest BCUT2D eigenvalue weighted by atomic mass is 16.8. The molecule has 0 radical (unpaired) electrons. The van der Waals surface area contributed by atoms with Crippen molar-refractivity contribution >= 4 is 11.9 Å². The molecule has 0 aliphatic rings. The average Bonchev–Trinajstić information content (AvgIpc) is 3.06. The maximum Gasteiger partial charge on any atom is 0.363 e. The Morgan fingerprint density at radius 2 is 0.688 bits per heavy atom. The van der Waals surface area contributed by atoms with E-state index in [-0.39, 0.29) is 19.3 Å². The summed E-state index contributed by atoms with van der Waals surface area (Å²) in [5.74, 6) is -3.90. The zero-order valence-electron chi connectivity index (χ0n) is 32.4. The third-order valence-electron chi connectivity index (χ3n) is 9.75. The number of carbonyl (C=O) groups is 2. The fourth-order valence-electron chi connectivity index (χ4n) is 6.51. The van der Waals surface area contributed by atoms with Crippen LogP contribution in [0.1, 0.15) is 245 Å². The molecule has 6 nitrogen and oxygen atoms in total. The number of hydrogen-bond acceptors (Lipinski definition) is 6. The molecule has 0 aliphatic heterocycles. The van der Waals surface area contributed by atoms with E-state index in [1.807, 2.05) is 0 Å². The Hall–Kier alpha value is -1.14. The van der Waals surface area contributed by atoms with Crippen molar-refractivity contribution in [3.63, 3.8) is 0 Å². The first-order chi connectivity index (χ1) is 23.4. The van der Waals surface area contributed by atoms with E-state index in [0.29, 0.717) is 12.8 Å². The molecule has 48 heavy (non-hydrogen) atoms. The third kappa shape index (κ3) is 32.1.